The lowest BCUT2D eigenvalue weighted by molar-refractivity contribution is 0.319. The summed E-state index contributed by atoms with van der Waals surface area (Å²) in [6.45, 7) is 7.42. The largest absolute Gasteiger partial charge is 0.459 e. The van der Waals surface area contributed by atoms with E-state index in [1.807, 2.05) is 0 Å². The Labute approximate surface area is 190 Å². The third-order valence-corrected chi connectivity index (χ3v) is 9.05. The van der Waals surface area contributed by atoms with Crippen LogP contribution in [0.3, 0.4) is 0 Å². The third-order valence-electron chi connectivity index (χ3n) is 9.05. The molecule has 0 bridgehead atoms. The summed E-state index contributed by atoms with van der Waals surface area (Å²) in [6, 6.07) is 7.81. The van der Waals surface area contributed by atoms with Gasteiger partial charge in [-0.2, -0.15) is 0 Å². The van der Waals surface area contributed by atoms with Crippen LogP contribution in [0.1, 0.15) is 57.6 Å². The summed E-state index contributed by atoms with van der Waals surface area (Å²) in [5, 5.41) is 0. The van der Waals surface area contributed by atoms with Crippen molar-refractivity contribution >= 4 is 12.4 Å². The highest BCUT2D eigenvalue weighted by atomic mass is 16.5. The Morgan fingerprint density at radius 3 is 2.66 bits per heavy atom. The van der Waals surface area contributed by atoms with Gasteiger partial charge >= 0.3 is 0 Å². The zero-order valence-electron chi connectivity index (χ0n) is 19.1. The first-order valence-corrected chi connectivity index (χ1v) is 12.3. The molecule has 3 heterocycles. The maximum Gasteiger partial charge on any atom is 0.240 e. The summed E-state index contributed by atoms with van der Waals surface area (Å²) < 4.78 is 6.58. The van der Waals surface area contributed by atoms with Gasteiger partial charge in [-0.1, -0.05) is 56.6 Å². The van der Waals surface area contributed by atoms with Gasteiger partial charge < -0.3 is 9.64 Å². The summed E-state index contributed by atoms with van der Waals surface area (Å²) in [4.78, 5) is 2.73. The van der Waals surface area contributed by atoms with Gasteiger partial charge in [0.05, 0.1) is 6.04 Å². The molecule has 3 heteroatoms. The molecule has 8 rings (SSSR count). The van der Waals surface area contributed by atoms with E-state index in [2.05, 4.69) is 80.3 Å². The number of anilines is 1. The number of rotatable bonds is 0. The van der Waals surface area contributed by atoms with E-state index in [1.54, 1.807) is 10.9 Å². The Morgan fingerprint density at radius 2 is 1.81 bits per heavy atom. The molecule has 0 saturated heterocycles. The van der Waals surface area contributed by atoms with Crippen LogP contribution in [0.15, 0.2) is 88.3 Å². The fraction of sp³-hybridized carbons (Fsp3) is 0.379. The van der Waals surface area contributed by atoms with Gasteiger partial charge in [0.1, 0.15) is 11.5 Å². The maximum atomic E-state index is 6.58. The molecule has 0 amide bonds. The zero-order chi connectivity index (χ0) is 21.4. The minimum absolute atomic E-state index is 0.115. The molecule has 3 atom stereocenters. The Balaban J connectivity index is 1.42. The molecular formula is C29H28BNO. The van der Waals surface area contributed by atoms with Crippen molar-refractivity contribution in [2.45, 2.75) is 63.3 Å². The summed E-state index contributed by atoms with van der Waals surface area (Å²) >= 11 is 0. The molecule has 3 unspecified atom stereocenters. The molecule has 1 aromatic rings. The highest BCUT2D eigenvalue weighted by Gasteiger charge is 2.76. The van der Waals surface area contributed by atoms with E-state index in [0.29, 0.717) is 18.7 Å². The Morgan fingerprint density at radius 1 is 1.00 bits per heavy atom. The molecule has 1 saturated carbocycles. The average molecular weight is 417 g/mol. The fourth-order valence-electron chi connectivity index (χ4n) is 7.61. The second kappa shape index (κ2) is 5.44. The first-order chi connectivity index (χ1) is 15.5. The minimum Gasteiger partial charge on any atom is -0.459 e. The van der Waals surface area contributed by atoms with Gasteiger partial charge in [0.2, 0.25) is 6.71 Å². The molecule has 0 radical (unpaired) electrons. The van der Waals surface area contributed by atoms with Gasteiger partial charge in [-0.05, 0) is 77.5 Å². The monoisotopic (exact) mass is 417 g/mol. The predicted octanol–water partition coefficient (Wildman–Crippen LogP) is 6.23. The molecule has 1 aromatic carbocycles. The van der Waals surface area contributed by atoms with E-state index >= 15 is 0 Å². The summed E-state index contributed by atoms with van der Waals surface area (Å²) in [7, 11) is 0. The third kappa shape index (κ3) is 1.88. The lowest BCUT2D eigenvalue weighted by atomic mass is 9.31. The van der Waals surface area contributed by atoms with Gasteiger partial charge in [-0.25, -0.2) is 0 Å². The van der Waals surface area contributed by atoms with E-state index < -0.39 is 0 Å². The molecule has 2 nitrogen and oxygen atoms in total. The molecule has 32 heavy (non-hydrogen) atoms. The topological polar surface area (TPSA) is 12.5 Å². The van der Waals surface area contributed by atoms with Gasteiger partial charge in [0.15, 0.2) is 0 Å². The van der Waals surface area contributed by atoms with E-state index in [9.17, 15) is 0 Å². The Kier molecular flexibility index (Phi) is 3.03. The smallest absolute Gasteiger partial charge is 0.240 e. The molecule has 4 aliphatic carbocycles. The highest BCUT2D eigenvalue weighted by Crippen LogP contribution is 2.73. The van der Waals surface area contributed by atoms with Crippen LogP contribution in [-0.2, 0) is 15.6 Å². The fourth-order valence-corrected chi connectivity index (χ4v) is 7.61. The zero-order valence-corrected chi connectivity index (χ0v) is 19.1. The number of benzene rings is 1. The van der Waals surface area contributed by atoms with Crippen molar-refractivity contribution in [3.8, 4) is 0 Å². The molecule has 1 spiro atoms. The van der Waals surface area contributed by atoms with Crippen LogP contribution < -0.4 is 4.90 Å². The SMILES string of the molecule is CC(C)(C)c1ccc2c(c1)C13C=CC4=C5B(C6=C(C=CCC6)O4)C4=C(C=CCC4)N2C1C53. The number of nitrogens with zero attached hydrogens (tertiary/aromatic N) is 1. The van der Waals surface area contributed by atoms with E-state index in [1.165, 1.54) is 28.0 Å². The van der Waals surface area contributed by atoms with Crippen LogP contribution >= 0.6 is 0 Å². The van der Waals surface area contributed by atoms with E-state index in [-0.39, 0.29) is 10.8 Å². The standard InChI is InChI=1S/C29H28BNO/c1-28(2,3)17-12-13-21-18(16-17)29-15-14-24-26-25(29)27(29)31(21)22-10-6-4-8-19(22)30(26)20-9-5-7-11-23(20)32-24/h6-7,10-16,25,27H,4-5,8-9H2,1-3H3. The van der Waals surface area contributed by atoms with Crippen molar-refractivity contribution in [3.05, 3.63) is 99.4 Å². The first kappa shape index (κ1) is 17.8. The van der Waals surface area contributed by atoms with Gasteiger partial charge in [-0.3, -0.25) is 0 Å². The maximum absolute atomic E-state index is 6.58. The molecule has 0 N–H and O–H groups in total. The molecule has 7 aliphatic rings. The van der Waals surface area contributed by atoms with Crippen molar-refractivity contribution in [1.29, 1.82) is 0 Å². The van der Waals surface area contributed by atoms with E-state index in [4.69, 9.17) is 4.74 Å². The van der Waals surface area contributed by atoms with Gasteiger partial charge in [0, 0.05) is 22.7 Å². The van der Waals surface area contributed by atoms with Crippen LogP contribution in [0.5, 0.6) is 0 Å². The summed E-state index contributed by atoms with van der Waals surface area (Å²) in [5.74, 6) is 2.80. The van der Waals surface area contributed by atoms with Crippen LogP contribution in [-0.4, -0.2) is 12.8 Å². The molecule has 0 aromatic heterocycles. The normalized spacial score (nSPS) is 32.5. The molecule has 1 fully saturated rings. The first-order valence-electron chi connectivity index (χ1n) is 12.3. The Bertz CT molecular complexity index is 1310. The van der Waals surface area contributed by atoms with Crippen molar-refractivity contribution in [2.75, 3.05) is 4.90 Å². The second-order valence-corrected chi connectivity index (χ2v) is 11.6. The number of hydrogen-bond donors (Lipinski definition) is 0. The van der Waals surface area contributed by atoms with E-state index in [0.717, 1.165) is 37.2 Å². The molecule has 3 aliphatic heterocycles. The van der Waals surface area contributed by atoms with Crippen LogP contribution in [0.4, 0.5) is 5.69 Å². The minimum atomic E-state index is 0.115. The lowest BCUT2D eigenvalue weighted by Gasteiger charge is -2.35. The van der Waals surface area contributed by atoms with Crippen LogP contribution in [0.25, 0.3) is 0 Å². The van der Waals surface area contributed by atoms with Crippen LogP contribution in [0.2, 0.25) is 0 Å². The quantitative estimate of drug-likeness (QED) is 0.464. The summed E-state index contributed by atoms with van der Waals surface area (Å²) in [6.07, 6.45) is 18.7. The van der Waals surface area contributed by atoms with Crippen molar-refractivity contribution in [3.63, 3.8) is 0 Å². The van der Waals surface area contributed by atoms with Crippen molar-refractivity contribution < 1.29 is 4.74 Å². The number of hydrogen-bond acceptors (Lipinski definition) is 2. The van der Waals surface area contributed by atoms with Crippen LogP contribution in [0, 0.1) is 5.92 Å². The highest BCUT2D eigenvalue weighted by molar-refractivity contribution is 6.81. The number of fused-ring (bicyclic) bond motifs is 5. The van der Waals surface area contributed by atoms with Gasteiger partial charge in [0.25, 0.3) is 0 Å². The molecular weight excluding hydrogens is 389 g/mol. The van der Waals surface area contributed by atoms with Gasteiger partial charge in [-0.15, -0.1) is 0 Å². The number of ether oxygens (including phenoxy) is 1. The number of allylic oxidation sites excluding steroid dienone is 7. The average Bonchev–Trinajstić information content (AvgIpc) is 3.42. The Hall–Kier alpha value is -2.68. The second-order valence-electron chi connectivity index (χ2n) is 11.6. The summed E-state index contributed by atoms with van der Waals surface area (Å²) in [5.41, 5.74) is 10.9. The lowest BCUT2D eigenvalue weighted by Crippen LogP contribution is -2.35. The molecule has 158 valence electrons. The van der Waals surface area contributed by atoms with Crippen molar-refractivity contribution in [2.24, 2.45) is 5.92 Å². The van der Waals surface area contributed by atoms with Crippen molar-refractivity contribution in [1.82, 2.24) is 0 Å². The predicted molar refractivity (Wildman–Crippen MR) is 130 cm³/mol.